The standard InChI is InChI=1S/C17H27N3O2/c1-13-8-9-15(18-11-13)20-10-6-5-7-14(20)12-19-16(21)22-17(2,3)4/h8-9,11,14H,5-7,10,12H2,1-4H3,(H,19,21). The number of nitrogens with zero attached hydrogens (tertiary/aromatic N) is 2. The summed E-state index contributed by atoms with van der Waals surface area (Å²) in [5.74, 6) is 0.987. The number of pyridine rings is 1. The summed E-state index contributed by atoms with van der Waals surface area (Å²) in [6.45, 7) is 9.22. The van der Waals surface area contributed by atoms with Crippen LogP contribution in [0.15, 0.2) is 18.3 Å². The number of anilines is 1. The Labute approximate surface area is 133 Å². The maximum Gasteiger partial charge on any atom is 0.407 e. The van der Waals surface area contributed by atoms with Gasteiger partial charge in [0.15, 0.2) is 0 Å². The second kappa shape index (κ2) is 6.99. The molecule has 1 N–H and O–H groups in total. The number of amides is 1. The molecule has 1 aromatic heterocycles. The minimum absolute atomic E-state index is 0.275. The van der Waals surface area contributed by atoms with Crippen molar-refractivity contribution in [2.75, 3.05) is 18.0 Å². The monoisotopic (exact) mass is 305 g/mol. The molecule has 2 rings (SSSR count). The molecule has 0 spiro atoms. The molecule has 1 aromatic rings. The third-order valence-electron chi connectivity index (χ3n) is 3.70. The molecule has 1 aliphatic heterocycles. The summed E-state index contributed by atoms with van der Waals surface area (Å²) in [5, 5.41) is 2.89. The maximum atomic E-state index is 11.8. The number of ether oxygens (including phenoxy) is 1. The summed E-state index contributed by atoms with van der Waals surface area (Å²) in [7, 11) is 0. The molecule has 0 bridgehead atoms. The van der Waals surface area contributed by atoms with Gasteiger partial charge in [0.25, 0.3) is 0 Å². The number of hydrogen-bond acceptors (Lipinski definition) is 4. The number of aromatic nitrogens is 1. The van der Waals surface area contributed by atoms with E-state index < -0.39 is 5.60 Å². The normalized spacial score (nSPS) is 18.9. The van der Waals surface area contributed by atoms with E-state index in [1.54, 1.807) is 0 Å². The molecule has 1 aliphatic rings. The molecule has 0 aliphatic carbocycles. The van der Waals surface area contributed by atoms with Crippen LogP contribution in [0.3, 0.4) is 0 Å². The third-order valence-corrected chi connectivity index (χ3v) is 3.70. The van der Waals surface area contributed by atoms with Crippen molar-refractivity contribution in [1.82, 2.24) is 10.3 Å². The highest BCUT2D eigenvalue weighted by Gasteiger charge is 2.25. The van der Waals surface area contributed by atoms with Gasteiger partial charge in [0.2, 0.25) is 0 Å². The zero-order valence-electron chi connectivity index (χ0n) is 14.1. The Morgan fingerprint density at radius 1 is 1.41 bits per heavy atom. The van der Waals surface area contributed by atoms with E-state index in [1.807, 2.05) is 33.9 Å². The van der Waals surface area contributed by atoms with Gasteiger partial charge in [-0.15, -0.1) is 0 Å². The van der Waals surface area contributed by atoms with Crippen LogP contribution in [-0.4, -0.2) is 35.8 Å². The molecule has 1 saturated heterocycles. The molecule has 122 valence electrons. The lowest BCUT2D eigenvalue weighted by Crippen LogP contribution is -2.48. The first kappa shape index (κ1) is 16.6. The topological polar surface area (TPSA) is 54.5 Å². The van der Waals surface area contributed by atoms with E-state index >= 15 is 0 Å². The zero-order chi connectivity index (χ0) is 16.2. The molecule has 1 amide bonds. The number of aryl methyl sites for hydroxylation is 1. The molecule has 0 aromatic carbocycles. The number of nitrogens with one attached hydrogen (secondary N) is 1. The van der Waals surface area contributed by atoms with Crippen LogP contribution in [-0.2, 0) is 4.74 Å². The van der Waals surface area contributed by atoms with Crippen molar-refractivity contribution >= 4 is 11.9 Å². The fraction of sp³-hybridized carbons (Fsp3) is 0.647. The molecule has 0 radical (unpaired) electrons. The summed E-state index contributed by atoms with van der Waals surface area (Å²) >= 11 is 0. The average Bonchev–Trinajstić information content (AvgIpc) is 2.45. The van der Waals surface area contributed by atoms with E-state index in [0.717, 1.165) is 24.3 Å². The summed E-state index contributed by atoms with van der Waals surface area (Å²) < 4.78 is 5.30. The number of rotatable bonds is 3. The van der Waals surface area contributed by atoms with Gasteiger partial charge < -0.3 is 15.0 Å². The van der Waals surface area contributed by atoms with E-state index in [2.05, 4.69) is 27.3 Å². The van der Waals surface area contributed by atoms with Crippen molar-refractivity contribution in [3.63, 3.8) is 0 Å². The molecule has 5 nitrogen and oxygen atoms in total. The predicted octanol–water partition coefficient (Wildman–Crippen LogP) is 3.27. The van der Waals surface area contributed by atoms with Crippen molar-refractivity contribution < 1.29 is 9.53 Å². The SMILES string of the molecule is Cc1ccc(N2CCCCC2CNC(=O)OC(C)(C)C)nc1. The molecule has 1 atom stereocenters. The van der Waals surface area contributed by atoms with Gasteiger partial charge in [-0.05, 0) is 58.6 Å². The van der Waals surface area contributed by atoms with E-state index in [9.17, 15) is 4.79 Å². The van der Waals surface area contributed by atoms with Crippen LogP contribution < -0.4 is 10.2 Å². The van der Waals surface area contributed by atoms with Crippen LogP contribution in [0, 0.1) is 6.92 Å². The molecule has 5 heteroatoms. The van der Waals surface area contributed by atoms with Crippen LogP contribution in [0.4, 0.5) is 10.6 Å². The Balaban J connectivity index is 1.95. The fourth-order valence-corrected chi connectivity index (χ4v) is 2.66. The van der Waals surface area contributed by atoms with E-state index in [0.29, 0.717) is 6.54 Å². The maximum absolute atomic E-state index is 11.8. The second-order valence-corrected chi connectivity index (χ2v) is 6.92. The fourth-order valence-electron chi connectivity index (χ4n) is 2.66. The van der Waals surface area contributed by atoms with Crippen LogP contribution in [0.2, 0.25) is 0 Å². The zero-order valence-corrected chi connectivity index (χ0v) is 14.1. The lowest BCUT2D eigenvalue weighted by Gasteiger charge is -2.37. The minimum atomic E-state index is -0.463. The number of alkyl carbamates (subject to hydrolysis) is 1. The summed E-state index contributed by atoms with van der Waals surface area (Å²) in [6, 6.07) is 4.41. The quantitative estimate of drug-likeness (QED) is 0.931. The van der Waals surface area contributed by atoms with Gasteiger partial charge in [0, 0.05) is 25.3 Å². The van der Waals surface area contributed by atoms with Gasteiger partial charge in [-0.2, -0.15) is 0 Å². The van der Waals surface area contributed by atoms with Crippen molar-refractivity contribution in [3.05, 3.63) is 23.9 Å². The van der Waals surface area contributed by atoms with E-state index in [-0.39, 0.29) is 12.1 Å². The van der Waals surface area contributed by atoms with Gasteiger partial charge in [0.05, 0.1) is 0 Å². The Hall–Kier alpha value is -1.78. The first-order valence-corrected chi connectivity index (χ1v) is 8.01. The smallest absolute Gasteiger partial charge is 0.407 e. The largest absolute Gasteiger partial charge is 0.444 e. The van der Waals surface area contributed by atoms with Gasteiger partial charge in [-0.1, -0.05) is 6.07 Å². The van der Waals surface area contributed by atoms with Crippen LogP contribution in [0.25, 0.3) is 0 Å². The van der Waals surface area contributed by atoms with Crippen LogP contribution >= 0.6 is 0 Å². The number of hydrogen-bond donors (Lipinski definition) is 1. The van der Waals surface area contributed by atoms with Crippen molar-refractivity contribution in [2.24, 2.45) is 0 Å². The first-order valence-electron chi connectivity index (χ1n) is 8.01. The van der Waals surface area contributed by atoms with Crippen LogP contribution in [0.5, 0.6) is 0 Å². The molecule has 1 fully saturated rings. The Morgan fingerprint density at radius 3 is 2.82 bits per heavy atom. The number of piperidine rings is 1. The predicted molar refractivity (Wildman–Crippen MR) is 88.2 cm³/mol. The van der Waals surface area contributed by atoms with Gasteiger partial charge >= 0.3 is 6.09 Å². The Bertz CT molecular complexity index is 494. The summed E-state index contributed by atoms with van der Waals surface area (Å²) in [4.78, 5) is 18.6. The minimum Gasteiger partial charge on any atom is -0.444 e. The molecule has 1 unspecified atom stereocenters. The molecular weight excluding hydrogens is 278 g/mol. The van der Waals surface area contributed by atoms with E-state index in [1.165, 1.54) is 12.8 Å². The third kappa shape index (κ3) is 4.90. The van der Waals surface area contributed by atoms with Crippen LogP contribution in [0.1, 0.15) is 45.6 Å². The Kier molecular flexibility index (Phi) is 5.27. The van der Waals surface area contributed by atoms with Crippen molar-refractivity contribution in [3.8, 4) is 0 Å². The average molecular weight is 305 g/mol. The molecule has 2 heterocycles. The first-order chi connectivity index (χ1) is 10.3. The molecule has 22 heavy (non-hydrogen) atoms. The summed E-state index contributed by atoms with van der Waals surface area (Å²) in [6.07, 6.45) is 4.95. The van der Waals surface area contributed by atoms with Gasteiger partial charge in [-0.25, -0.2) is 9.78 Å². The lowest BCUT2D eigenvalue weighted by atomic mass is 10.0. The highest BCUT2D eigenvalue weighted by Crippen LogP contribution is 2.23. The van der Waals surface area contributed by atoms with Crippen molar-refractivity contribution in [1.29, 1.82) is 0 Å². The molecular formula is C17H27N3O2. The van der Waals surface area contributed by atoms with E-state index in [4.69, 9.17) is 4.74 Å². The van der Waals surface area contributed by atoms with Gasteiger partial charge in [0.1, 0.15) is 11.4 Å². The highest BCUT2D eigenvalue weighted by atomic mass is 16.6. The van der Waals surface area contributed by atoms with Crippen molar-refractivity contribution in [2.45, 2.75) is 58.6 Å². The molecule has 0 saturated carbocycles. The summed E-state index contributed by atoms with van der Waals surface area (Å²) in [5.41, 5.74) is 0.693. The Morgan fingerprint density at radius 2 is 2.18 bits per heavy atom. The van der Waals surface area contributed by atoms with Gasteiger partial charge in [-0.3, -0.25) is 0 Å². The number of carbonyl (C=O) groups excluding carboxylic acids is 1. The number of carbonyl (C=O) groups is 1. The highest BCUT2D eigenvalue weighted by molar-refractivity contribution is 5.67. The lowest BCUT2D eigenvalue weighted by molar-refractivity contribution is 0.0523. The second-order valence-electron chi connectivity index (χ2n) is 6.92.